The summed E-state index contributed by atoms with van der Waals surface area (Å²) >= 11 is 0. The Morgan fingerprint density at radius 3 is 2.59 bits per heavy atom. The lowest BCUT2D eigenvalue weighted by Gasteiger charge is -2.47. The number of hydrogen-bond donors (Lipinski definition) is 2. The third-order valence-electron chi connectivity index (χ3n) is 6.89. The number of rotatable bonds is 15. The van der Waals surface area contributed by atoms with E-state index in [0.717, 1.165) is 6.07 Å². The van der Waals surface area contributed by atoms with Crippen LogP contribution in [0, 0.1) is 18.6 Å². The van der Waals surface area contributed by atoms with Crippen LogP contribution in [0.3, 0.4) is 0 Å². The van der Waals surface area contributed by atoms with Crippen molar-refractivity contribution in [2.75, 3.05) is 51.2 Å². The SMILES string of the molecule is CCOP(CCCN(n1cc(C(=O)NCc2ccc(F)cc2F)c(=O)c(O)c1C)C1(N(C)C=O)CCOC1)OCC. The molecule has 0 aliphatic carbocycles. The van der Waals surface area contributed by atoms with Crippen LogP contribution in [0.4, 0.5) is 8.78 Å². The Hall–Kier alpha value is -3.12. The van der Waals surface area contributed by atoms with E-state index in [1.165, 1.54) is 28.8 Å². The van der Waals surface area contributed by atoms with Gasteiger partial charge in [0.1, 0.15) is 17.2 Å². The summed E-state index contributed by atoms with van der Waals surface area (Å²) in [5.41, 5.74) is -2.12. The molecule has 1 aromatic heterocycles. The lowest BCUT2D eigenvalue weighted by molar-refractivity contribution is -0.123. The number of nitrogens with one attached hydrogen (secondary N) is 1. The highest BCUT2D eigenvalue weighted by molar-refractivity contribution is 7.47. The van der Waals surface area contributed by atoms with E-state index >= 15 is 0 Å². The molecule has 0 radical (unpaired) electrons. The second-order valence-corrected chi connectivity index (χ2v) is 11.1. The Bertz CT molecular complexity index is 1270. The molecule has 41 heavy (non-hydrogen) atoms. The van der Waals surface area contributed by atoms with Crippen LogP contribution < -0.4 is 15.8 Å². The van der Waals surface area contributed by atoms with Crippen molar-refractivity contribution in [2.45, 2.75) is 45.8 Å². The van der Waals surface area contributed by atoms with Gasteiger partial charge in [-0.25, -0.2) is 8.78 Å². The van der Waals surface area contributed by atoms with Gasteiger partial charge in [-0.1, -0.05) is 6.07 Å². The number of ether oxygens (including phenoxy) is 1. The molecule has 0 bridgehead atoms. The second kappa shape index (κ2) is 14.7. The fourth-order valence-corrected chi connectivity index (χ4v) is 5.96. The molecule has 1 atom stereocenters. The Labute approximate surface area is 238 Å². The number of pyridine rings is 1. The van der Waals surface area contributed by atoms with Crippen molar-refractivity contribution in [1.29, 1.82) is 0 Å². The van der Waals surface area contributed by atoms with Crippen molar-refractivity contribution in [3.05, 3.63) is 63.1 Å². The number of amides is 2. The van der Waals surface area contributed by atoms with E-state index in [1.54, 1.807) is 12.1 Å². The molecule has 0 spiro atoms. The van der Waals surface area contributed by atoms with Crippen molar-refractivity contribution >= 4 is 20.7 Å². The van der Waals surface area contributed by atoms with Gasteiger partial charge in [-0.2, -0.15) is 0 Å². The van der Waals surface area contributed by atoms with Crippen LogP contribution in [0.1, 0.15) is 48.3 Å². The quantitative estimate of drug-likeness (QED) is 0.182. The molecule has 2 aromatic rings. The highest BCUT2D eigenvalue weighted by Crippen LogP contribution is 2.39. The van der Waals surface area contributed by atoms with E-state index in [4.69, 9.17) is 13.8 Å². The zero-order valence-corrected chi connectivity index (χ0v) is 24.6. The predicted octanol–water partition coefficient (Wildman–Crippen LogP) is 2.99. The number of halogens is 2. The van der Waals surface area contributed by atoms with Crippen molar-refractivity contribution in [2.24, 2.45) is 0 Å². The fraction of sp³-hybridized carbons (Fsp3) is 0.519. The molecule has 226 valence electrons. The molecule has 1 saturated heterocycles. The lowest BCUT2D eigenvalue weighted by atomic mass is 10.1. The molecule has 11 nitrogen and oxygen atoms in total. The zero-order valence-electron chi connectivity index (χ0n) is 23.7. The van der Waals surface area contributed by atoms with Gasteiger partial charge in [-0.3, -0.25) is 24.1 Å². The summed E-state index contributed by atoms with van der Waals surface area (Å²) < 4.78 is 46.0. The van der Waals surface area contributed by atoms with Crippen molar-refractivity contribution in [3.8, 4) is 5.75 Å². The summed E-state index contributed by atoms with van der Waals surface area (Å²) in [5, 5.41) is 15.1. The van der Waals surface area contributed by atoms with Gasteiger partial charge in [0.15, 0.2) is 19.8 Å². The maximum Gasteiger partial charge on any atom is 0.257 e. The molecule has 1 aliphatic rings. The minimum atomic E-state index is -1.14. The number of aromatic nitrogens is 1. The van der Waals surface area contributed by atoms with Crippen LogP contribution in [-0.4, -0.2) is 78.8 Å². The fourth-order valence-electron chi connectivity index (χ4n) is 4.65. The normalized spacial score (nSPS) is 16.7. The number of carbonyl (C=O) groups is 2. The second-order valence-electron chi connectivity index (χ2n) is 9.44. The van der Waals surface area contributed by atoms with Crippen molar-refractivity contribution in [3.63, 3.8) is 0 Å². The summed E-state index contributed by atoms with van der Waals surface area (Å²) in [7, 11) is 0.472. The number of hydrogen-bond acceptors (Lipinski definition) is 8. The molecule has 2 amide bonds. The maximum atomic E-state index is 14.1. The van der Waals surface area contributed by atoms with Gasteiger partial charge < -0.3 is 29.1 Å². The number of benzene rings is 1. The molecule has 2 N–H and O–H groups in total. The van der Waals surface area contributed by atoms with Crippen LogP contribution in [0.25, 0.3) is 0 Å². The zero-order chi connectivity index (χ0) is 30.2. The van der Waals surface area contributed by atoms with Crippen LogP contribution in [0.15, 0.2) is 29.2 Å². The van der Waals surface area contributed by atoms with Crippen molar-refractivity contribution < 1.29 is 37.3 Å². The Balaban J connectivity index is 1.99. The number of aromatic hydroxyl groups is 1. The average Bonchev–Trinajstić information content (AvgIpc) is 3.45. The highest BCUT2D eigenvalue weighted by Gasteiger charge is 2.45. The lowest BCUT2D eigenvalue weighted by Crippen LogP contribution is -2.65. The first-order valence-corrected chi connectivity index (χ1v) is 14.7. The maximum absolute atomic E-state index is 14.1. The largest absolute Gasteiger partial charge is 0.503 e. The molecule has 1 aromatic carbocycles. The standard InChI is InChI=1S/C27H37F2N4O7P/c1-5-39-41(40-6-2)13-7-11-33(27(31(4)18-34)10-12-38-17-27)32-16-22(25(36)24(35)19(32)3)26(37)30-15-20-8-9-21(28)14-23(20)29/h8-9,14,16,18,35H,5-7,10-13,15,17H2,1-4H3,(H,30,37). The van der Waals surface area contributed by atoms with Gasteiger partial charge in [0.2, 0.25) is 11.8 Å². The van der Waals surface area contributed by atoms with E-state index in [9.17, 15) is 28.3 Å². The summed E-state index contributed by atoms with van der Waals surface area (Å²) in [6.45, 7) is 6.80. The Morgan fingerprint density at radius 1 is 1.29 bits per heavy atom. The first kappa shape index (κ1) is 32.4. The van der Waals surface area contributed by atoms with E-state index in [2.05, 4.69) is 5.32 Å². The summed E-state index contributed by atoms with van der Waals surface area (Å²) in [4.78, 5) is 39.6. The minimum Gasteiger partial charge on any atom is -0.503 e. The summed E-state index contributed by atoms with van der Waals surface area (Å²) in [6, 6.07) is 2.94. The molecular formula is C27H37F2N4O7P. The number of nitrogens with zero attached hydrogens (tertiary/aromatic N) is 3. The van der Waals surface area contributed by atoms with Gasteiger partial charge in [0.05, 0.1) is 32.1 Å². The topological polar surface area (TPSA) is 123 Å². The van der Waals surface area contributed by atoms with Crippen molar-refractivity contribution in [1.82, 2.24) is 14.9 Å². The third-order valence-corrected chi connectivity index (χ3v) is 8.66. The minimum absolute atomic E-state index is 0.0211. The molecule has 1 unspecified atom stereocenters. The van der Waals surface area contributed by atoms with Gasteiger partial charge in [0.25, 0.3) is 5.91 Å². The van der Waals surface area contributed by atoms with E-state index in [-0.39, 0.29) is 24.4 Å². The third kappa shape index (κ3) is 7.40. The van der Waals surface area contributed by atoms with Crippen LogP contribution >= 0.6 is 8.38 Å². The molecule has 14 heteroatoms. The molecule has 1 aliphatic heterocycles. The molecule has 3 rings (SSSR count). The molecule has 2 heterocycles. The number of carbonyl (C=O) groups excluding carboxylic acids is 2. The highest BCUT2D eigenvalue weighted by atomic mass is 31.2. The van der Waals surface area contributed by atoms with Gasteiger partial charge in [0, 0.05) is 50.5 Å². The van der Waals surface area contributed by atoms with Gasteiger partial charge >= 0.3 is 0 Å². The average molecular weight is 599 g/mol. The van der Waals surface area contributed by atoms with Gasteiger partial charge in [-0.05, 0) is 33.3 Å². The predicted molar refractivity (Wildman–Crippen MR) is 149 cm³/mol. The first-order valence-electron chi connectivity index (χ1n) is 13.3. The number of likely N-dealkylation sites (N-methyl/N-ethyl adjacent to an activating group) is 1. The van der Waals surface area contributed by atoms with E-state index in [1.807, 2.05) is 13.8 Å². The molecule has 0 saturated carbocycles. The monoisotopic (exact) mass is 598 g/mol. The van der Waals surface area contributed by atoms with E-state index in [0.29, 0.717) is 57.8 Å². The smallest absolute Gasteiger partial charge is 0.257 e. The van der Waals surface area contributed by atoms with Crippen LogP contribution in [0.2, 0.25) is 0 Å². The summed E-state index contributed by atoms with van der Waals surface area (Å²) in [5.74, 6) is -3.12. The molecular weight excluding hydrogens is 561 g/mol. The summed E-state index contributed by atoms with van der Waals surface area (Å²) in [6.07, 6.45) is 3.53. The van der Waals surface area contributed by atoms with Crippen LogP contribution in [-0.2, 0) is 25.1 Å². The first-order chi connectivity index (χ1) is 19.6. The molecule has 1 fully saturated rings. The Kier molecular flexibility index (Phi) is 11.6. The van der Waals surface area contributed by atoms with Crippen LogP contribution in [0.5, 0.6) is 5.75 Å². The van der Waals surface area contributed by atoms with Gasteiger partial charge in [-0.15, -0.1) is 0 Å². The Morgan fingerprint density at radius 2 is 2.00 bits per heavy atom. The van der Waals surface area contributed by atoms with E-state index < -0.39 is 48.3 Å².